The molecular weight excluding hydrogens is 294 g/mol. The highest BCUT2D eigenvalue weighted by Gasteiger charge is 2.06. The highest BCUT2D eigenvalue weighted by Crippen LogP contribution is 2.31. The number of ether oxygens (including phenoxy) is 1. The molecule has 1 rings (SSSR count). The van der Waals surface area contributed by atoms with Crippen LogP contribution in [0.5, 0.6) is 11.5 Å². The molecule has 0 aromatic heterocycles. The Morgan fingerprint density at radius 1 is 1.69 bits per heavy atom. The second-order valence-corrected chi connectivity index (χ2v) is 4.07. The Hall–Kier alpha value is -1.34. The van der Waals surface area contributed by atoms with Gasteiger partial charge in [-0.3, -0.25) is 5.43 Å². The summed E-state index contributed by atoms with van der Waals surface area (Å²) in [4.78, 5) is 0. The van der Waals surface area contributed by atoms with Gasteiger partial charge in [-0.15, -0.1) is 0 Å². The van der Waals surface area contributed by atoms with Gasteiger partial charge < -0.3 is 15.6 Å². The Morgan fingerprint density at radius 3 is 2.94 bits per heavy atom. The van der Waals surface area contributed by atoms with Crippen LogP contribution in [-0.4, -0.2) is 23.5 Å². The van der Waals surface area contributed by atoms with Crippen molar-refractivity contribution in [1.29, 1.82) is 0 Å². The number of hydrazone groups is 1. The second kappa shape index (κ2) is 5.66. The molecule has 0 aliphatic carbocycles. The highest BCUT2D eigenvalue weighted by molar-refractivity contribution is 9.10. The summed E-state index contributed by atoms with van der Waals surface area (Å²) in [7, 11) is 1.47. The zero-order valence-corrected chi connectivity index (χ0v) is 10.8. The van der Waals surface area contributed by atoms with Crippen LogP contribution in [0.3, 0.4) is 0 Å². The van der Waals surface area contributed by atoms with E-state index in [0.717, 1.165) is 5.56 Å². The van der Waals surface area contributed by atoms with Crippen LogP contribution in [0.1, 0.15) is 5.56 Å². The largest absolute Gasteiger partial charge is 0.504 e. The molecule has 0 radical (unpaired) electrons. The fourth-order valence-electron chi connectivity index (χ4n) is 0.986. The molecule has 0 fully saturated rings. The van der Waals surface area contributed by atoms with Gasteiger partial charge in [-0.1, -0.05) is 0 Å². The molecule has 4 N–H and O–H groups in total. The van der Waals surface area contributed by atoms with Crippen molar-refractivity contribution in [2.45, 2.75) is 0 Å². The van der Waals surface area contributed by atoms with E-state index in [1.165, 1.54) is 19.4 Å². The van der Waals surface area contributed by atoms with E-state index in [4.69, 9.17) is 10.5 Å². The van der Waals surface area contributed by atoms with E-state index in [0.29, 0.717) is 10.2 Å². The first-order valence-electron chi connectivity index (χ1n) is 4.19. The summed E-state index contributed by atoms with van der Waals surface area (Å²) < 4.78 is 5.64. The molecule has 0 amide bonds. The second-order valence-electron chi connectivity index (χ2n) is 2.78. The van der Waals surface area contributed by atoms with Gasteiger partial charge in [-0.25, -0.2) is 0 Å². The number of nitrogens with one attached hydrogen (secondary N) is 1. The lowest BCUT2D eigenvalue weighted by Gasteiger charge is -2.06. The van der Waals surface area contributed by atoms with Crippen molar-refractivity contribution in [2.24, 2.45) is 10.8 Å². The van der Waals surface area contributed by atoms with Gasteiger partial charge in [-0.2, -0.15) is 5.10 Å². The smallest absolute Gasteiger partial charge is 0.184 e. The lowest BCUT2D eigenvalue weighted by atomic mass is 10.2. The lowest BCUT2D eigenvalue weighted by molar-refractivity contribution is 0.373. The van der Waals surface area contributed by atoms with Crippen LogP contribution >= 0.6 is 28.1 Å². The monoisotopic (exact) mass is 303 g/mol. The molecule has 1 aromatic rings. The Labute approximate surface area is 106 Å². The minimum absolute atomic E-state index is 0.0498. The number of rotatable bonds is 3. The number of phenolic OH excluding ortho intramolecular Hbond substituents is 1. The zero-order chi connectivity index (χ0) is 12.1. The lowest BCUT2D eigenvalue weighted by Crippen LogP contribution is -2.24. The van der Waals surface area contributed by atoms with Crippen molar-refractivity contribution in [3.8, 4) is 11.5 Å². The van der Waals surface area contributed by atoms with Crippen molar-refractivity contribution in [3.05, 3.63) is 22.2 Å². The number of methoxy groups -OCH3 is 1. The Kier molecular flexibility index (Phi) is 4.51. The number of nitrogens with zero attached hydrogens (tertiary/aromatic N) is 1. The van der Waals surface area contributed by atoms with E-state index in [9.17, 15) is 5.11 Å². The minimum Gasteiger partial charge on any atom is -0.504 e. The third kappa shape index (κ3) is 3.35. The third-order valence-electron chi connectivity index (χ3n) is 1.68. The maximum absolute atomic E-state index is 9.47. The molecule has 0 bridgehead atoms. The molecule has 0 saturated heterocycles. The van der Waals surface area contributed by atoms with Crippen molar-refractivity contribution in [2.75, 3.05) is 7.11 Å². The number of hydrogen-bond donors (Lipinski definition) is 3. The van der Waals surface area contributed by atoms with Crippen molar-refractivity contribution >= 4 is 39.5 Å². The fraction of sp³-hybridized carbons (Fsp3) is 0.111. The van der Waals surface area contributed by atoms with Crippen LogP contribution in [0, 0.1) is 0 Å². The number of halogens is 1. The van der Waals surface area contributed by atoms with Gasteiger partial charge in [-0.05, 0) is 40.3 Å². The Morgan fingerprint density at radius 2 is 2.38 bits per heavy atom. The van der Waals surface area contributed by atoms with Gasteiger partial charge in [0.25, 0.3) is 0 Å². The quantitative estimate of drug-likeness (QED) is 0.446. The van der Waals surface area contributed by atoms with Crippen LogP contribution in [-0.2, 0) is 0 Å². The van der Waals surface area contributed by atoms with Crippen LogP contribution < -0.4 is 15.9 Å². The standard InChI is InChI=1S/C9H10BrN3O2S/c1-15-8-2-5(4-12-13-9(11)16)6(10)3-7(8)14/h2-4,14H,1H3,(H3,11,13,16)/b12-4+. The molecule has 0 saturated carbocycles. The summed E-state index contributed by atoms with van der Waals surface area (Å²) >= 11 is 7.87. The first-order valence-corrected chi connectivity index (χ1v) is 5.39. The fourth-order valence-corrected chi connectivity index (χ4v) is 1.47. The van der Waals surface area contributed by atoms with Gasteiger partial charge in [0, 0.05) is 10.0 Å². The maximum Gasteiger partial charge on any atom is 0.184 e. The van der Waals surface area contributed by atoms with E-state index >= 15 is 0 Å². The minimum atomic E-state index is 0.0498. The van der Waals surface area contributed by atoms with Crippen molar-refractivity contribution in [3.63, 3.8) is 0 Å². The molecule has 16 heavy (non-hydrogen) atoms. The summed E-state index contributed by atoms with van der Waals surface area (Å²) in [5.41, 5.74) is 8.35. The molecule has 5 nitrogen and oxygen atoms in total. The molecule has 0 spiro atoms. The van der Waals surface area contributed by atoms with Gasteiger partial charge >= 0.3 is 0 Å². The van der Waals surface area contributed by atoms with Crippen LogP contribution in [0.4, 0.5) is 0 Å². The highest BCUT2D eigenvalue weighted by atomic mass is 79.9. The summed E-state index contributed by atoms with van der Waals surface area (Å²) in [5, 5.41) is 13.4. The van der Waals surface area contributed by atoms with Gasteiger partial charge in [0.15, 0.2) is 16.6 Å². The van der Waals surface area contributed by atoms with Gasteiger partial charge in [0.1, 0.15) is 0 Å². The number of benzene rings is 1. The van der Waals surface area contributed by atoms with E-state index in [1.54, 1.807) is 6.07 Å². The van der Waals surface area contributed by atoms with Crippen molar-refractivity contribution < 1.29 is 9.84 Å². The number of thiocarbonyl (C=S) groups is 1. The molecule has 0 unspecified atom stereocenters. The molecule has 86 valence electrons. The van der Waals surface area contributed by atoms with E-state index in [-0.39, 0.29) is 10.9 Å². The van der Waals surface area contributed by atoms with Crippen LogP contribution in [0.25, 0.3) is 0 Å². The van der Waals surface area contributed by atoms with E-state index in [2.05, 4.69) is 38.7 Å². The average Bonchev–Trinajstić information content (AvgIpc) is 2.20. The number of hydrogen-bond acceptors (Lipinski definition) is 4. The molecule has 0 aliphatic heterocycles. The SMILES string of the molecule is COc1cc(/C=N/NC(N)=S)c(Br)cc1O. The molecule has 1 aromatic carbocycles. The number of phenols is 1. The summed E-state index contributed by atoms with van der Waals surface area (Å²) in [5.74, 6) is 0.411. The average molecular weight is 304 g/mol. The van der Waals surface area contributed by atoms with E-state index < -0.39 is 0 Å². The zero-order valence-electron chi connectivity index (χ0n) is 8.40. The first kappa shape index (κ1) is 12.7. The predicted octanol–water partition coefficient (Wildman–Crippen LogP) is 1.33. The summed E-state index contributed by atoms with van der Waals surface area (Å²) in [6.07, 6.45) is 1.51. The van der Waals surface area contributed by atoms with Gasteiger partial charge in [0.05, 0.1) is 13.3 Å². The van der Waals surface area contributed by atoms with E-state index in [1.807, 2.05) is 0 Å². The molecule has 0 aliphatic rings. The molecule has 0 heterocycles. The summed E-state index contributed by atoms with van der Waals surface area (Å²) in [6.45, 7) is 0. The number of nitrogens with two attached hydrogens (primary N) is 1. The normalized spacial score (nSPS) is 10.4. The first-order chi connectivity index (χ1) is 7.54. The van der Waals surface area contributed by atoms with Crippen LogP contribution in [0.15, 0.2) is 21.7 Å². The van der Waals surface area contributed by atoms with Gasteiger partial charge in [0.2, 0.25) is 0 Å². The molecule has 7 heteroatoms. The predicted molar refractivity (Wildman–Crippen MR) is 69.9 cm³/mol. The third-order valence-corrected chi connectivity index (χ3v) is 2.45. The maximum atomic E-state index is 9.47. The Balaban J connectivity index is 2.95. The van der Waals surface area contributed by atoms with Crippen LogP contribution in [0.2, 0.25) is 0 Å². The topological polar surface area (TPSA) is 79.9 Å². The summed E-state index contributed by atoms with van der Waals surface area (Å²) in [6, 6.07) is 3.14. The molecule has 0 atom stereocenters. The number of aromatic hydroxyl groups is 1. The van der Waals surface area contributed by atoms with Crippen molar-refractivity contribution in [1.82, 2.24) is 5.43 Å². The molecular formula is C9H10BrN3O2S. The Bertz CT molecular complexity index is 437.